The highest BCUT2D eigenvalue weighted by atomic mass is 16.2. The average molecular weight is 272 g/mol. The fraction of sp³-hybridized carbons (Fsp3) is 0.357. The first-order valence-corrected chi connectivity index (χ1v) is 6.62. The molecule has 0 bridgehead atoms. The van der Waals surface area contributed by atoms with Crippen molar-refractivity contribution in [3.05, 3.63) is 46.0 Å². The predicted molar refractivity (Wildman–Crippen MR) is 74.8 cm³/mol. The van der Waals surface area contributed by atoms with Crippen LogP contribution in [-0.2, 0) is 4.79 Å². The molecule has 2 aromatic rings. The Morgan fingerprint density at radius 1 is 1.40 bits per heavy atom. The van der Waals surface area contributed by atoms with Crippen LogP contribution in [0.1, 0.15) is 43.4 Å². The summed E-state index contributed by atoms with van der Waals surface area (Å²) in [7, 11) is 0. The second-order valence-electron chi connectivity index (χ2n) is 5.26. The maximum Gasteiger partial charge on any atom is 0.270 e. The van der Waals surface area contributed by atoms with Crippen molar-refractivity contribution in [1.29, 1.82) is 0 Å². The molecule has 0 unspecified atom stereocenters. The van der Waals surface area contributed by atoms with Gasteiger partial charge in [-0.1, -0.05) is 6.07 Å². The number of anilines is 1. The van der Waals surface area contributed by atoms with E-state index in [1.54, 1.807) is 17.1 Å². The van der Waals surface area contributed by atoms with Crippen LogP contribution in [0.5, 0.6) is 0 Å². The summed E-state index contributed by atoms with van der Waals surface area (Å²) in [5, 5.41) is 5.60. The highest BCUT2D eigenvalue weighted by Crippen LogP contribution is 2.35. The summed E-state index contributed by atoms with van der Waals surface area (Å²) in [5.74, 6) is 0.256. The molecular formula is C14H16N4O2. The topological polar surface area (TPSA) is 79.8 Å². The molecule has 104 valence electrons. The number of nitrogens with zero attached hydrogens (tertiary/aromatic N) is 2. The van der Waals surface area contributed by atoms with Crippen LogP contribution in [0.25, 0.3) is 0 Å². The molecule has 3 heterocycles. The van der Waals surface area contributed by atoms with Gasteiger partial charge in [-0.25, -0.2) is 0 Å². The predicted octanol–water partition coefficient (Wildman–Crippen LogP) is 1.63. The molecule has 0 aromatic carbocycles. The van der Waals surface area contributed by atoms with E-state index in [9.17, 15) is 9.59 Å². The van der Waals surface area contributed by atoms with Crippen LogP contribution in [0, 0.1) is 0 Å². The van der Waals surface area contributed by atoms with Gasteiger partial charge in [0.2, 0.25) is 5.91 Å². The van der Waals surface area contributed by atoms with Crippen LogP contribution >= 0.6 is 0 Å². The minimum atomic E-state index is -0.240. The smallest absolute Gasteiger partial charge is 0.270 e. The lowest BCUT2D eigenvalue weighted by molar-refractivity contribution is -0.116. The largest absolute Gasteiger partial charge is 0.311 e. The summed E-state index contributed by atoms with van der Waals surface area (Å²) in [6.07, 6.45) is 3.65. The number of aromatic amines is 1. The number of fused-ring (bicyclic) bond motifs is 1. The van der Waals surface area contributed by atoms with E-state index in [4.69, 9.17) is 0 Å². The molecule has 0 aliphatic carbocycles. The van der Waals surface area contributed by atoms with Crippen LogP contribution in [-0.4, -0.2) is 20.7 Å². The molecule has 2 aromatic heterocycles. The lowest BCUT2D eigenvalue weighted by atomic mass is 9.88. The Morgan fingerprint density at radius 2 is 2.20 bits per heavy atom. The maximum atomic E-state index is 12.2. The van der Waals surface area contributed by atoms with Gasteiger partial charge in [-0.2, -0.15) is 0 Å². The summed E-state index contributed by atoms with van der Waals surface area (Å²) < 4.78 is 1.71. The number of rotatable bonds is 2. The number of aromatic nitrogens is 3. The number of hydrogen-bond donors (Lipinski definition) is 2. The third kappa shape index (κ3) is 1.93. The number of amides is 1. The molecule has 1 amide bonds. The Bertz CT molecular complexity index is 700. The zero-order valence-electron chi connectivity index (χ0n) is 11.4. The van der Waals surface area contributed by atoms with E-state index in [1.807, 2.05) is 26.0 Å². The van der Waals surface area contributed by atoms with Crippen LogP contribution in [0.3, 0.4) is 0 Å². The van der Waals surface area contributed by atoms with E-state index in [0.717, 1.165) is 5.56 Å². The standard InChI is InChI=1S/C14H16N4O2/c1-8(2)18-13-12(14(20)17-18)10(6-11(19)16-13)9-4-3-5-15-7-9/h3-5,7-8,10H,6H2,1-2H3,(H,16,19)(H,17,20)/t10-/m0/s1. The number of pyridine rings is 1. The fourth-order valence-corrected chi connectivity index (χ4v) is 2.64. The Morgan fingerprint density at radius 3 is 2.85 bits per heavy atom. The van der Waals surface area contributed by atoms with Gasteiger partial charge in [0.1, 0.15) is 5.82 Å². The number of carbonyl (C=O) groups excluding carboxylic acids is 1. The highest BCUT2D eigenvalue weighted by molar-refractivity contribution is 5.94. The number of H-pyrrole nitrogens is 1. The normalized spacial score (nSPS) is 17.9. The average Bonchev–Trinajstić information content (AvgIpc) is 2.76. The van der Waals surface area contributed by atoms with Gasteiger partial charge in [-0.3, -0.25) is 24.4 Å². The van der Waals surface area contributed by atoms with E-state index in [1.165, 1.54) is 0 Å². The second kappa shape index (κ2) is 4.63. The van der Waals surface area contributed by atoms with E-state index >= 15 is 0 Å². The lowest BCUT2D eigenvalue weighted by Gasteiger charge is -2.23. The molecule has 0 radical (unpaired) electrons. The molecule has 0 spiro atoms. The van der Waals surface area contributed by atoms with Crippen molar-refractivity contribution in [3.63, 3.8) is 0 Å². The molecular weight excluding hydrogens is 256 g/mol. The van der Waals surface area contributed by atoms with E-state index in [2.05, 4.69) is 15.4 Å². The van der Waals surface area contributed by atoms with Crippen molar-refractivity contribution in [1.82, 2.24) is 14.8 Å². The van der Waals surface area contributed by atoms with Crippen molar-refractivity contribution in [3.8, 4) is 0 Å². The maximum absolute atomic E-state index is 12.2. The van der Waals surface area contributed by atoms with Crippen molar-refractivity contribution in [2.45, 2.75) is 32.2 Å². The molecule has 1 aliphatic rings. The molecule has 6 nitrogen and oxygen atoms in total. The molecule has 3 rings (SSSR count). The number of carbonyl (C=O) groups is 1. The molecule has 0 fully saturated rings. The Balaban J connectivity index is 2.18. The van der Waals surface area contributed by atoms with Gasteiger partial charge in [-0.05, 0) is 25.5 Å². The number of hydrogen-bond acceptors (Lipinski definition) is 3. The molecule has 20 heavy (non-hydrogen) atoms. The van der Waals surface area contributed by atoms with Gasteiger partial charge >= 0.3 is 0 Å². The third-order valence-corrected chi connectivity index (χ3v) is 3.56. The number of nitrogens with one attached hydrogen (secondary N) is 2. The Kier molecular flexibility index (Phi) is 2.93. The second-order valence-corrected chi connectivity index (χ2v) is 5.26. The lowest BCUT2D eigenvalue weighted by Crippen LogP contribution is -2.27. The van der Waals surface area contributed by atoms with Gasteiger partial charge in [-0.15, -0.1) is 0 Å². The van der Waals surface area contributed by atoms with Gasteiger partial charge in [0, 0.05) is 30.8 Å². The molecule has 0 saturated heterocycles. The highest BCUT2D eigenvalue weighted by Gasteiger charge is 2.32. The minimum absolute atomic E-state index is 0.0689. The monoisotopic (exact) mass is 272 g/mol. The summed E-state index contributed by atoms with van der Waals surface area (Å²) in [6.45, 7) is 3.91. The Labute approximate surface area is 115 Å². The van der Waals surface area contributed by atoms with Crippen molar-refractivity contribution < 1.29 is 4.79 Å². The van der Waals surface area contributed by atoms with E-state index in [-0.39, 0.29) is 29.8 Å². The first-order valence-electron chi connectivity index (χ1n) is 6.62. The van der Waals surface area contributed by atoms with Gasteiger partial charge in [0.05, 0.1) is 5.56 Å². The summed E-state index contributed by atoms with van der Waals surface area (Å²) in [4.78, 5) is 28.2. The van der Waals surface area contributed by atoms with Crippen LogP contribution < -0.4 is 10.9 Å². The molecule has 2 N–H and O–H groups in total. The summed E-state index contributed by atoms with van der Waals surface area (Å²) in [6, 6.07) is 3.78. The van der Waals surface area contributed by atoms with Crippen molar-refractivity contribution >= 4 is 11.7 Å². The molecule has 1 aliphatic heterocycles. The third-order valence-electron chi connectivity index (χ3n) is 3.56. The van der Waals surface area contributed by atoms with Crippen molar-refractivity contribution in [2.75, 3.05) is 5.32 Å². The van der Waals surface area contributed by atoms with E-state index < -0.39 is 0 Å². The zero-order valence-corrected chi connectivity index (χ0v) is 11.4. The van der Waals surface area contributed by atoms with Crippen molar-refractivity contribution in [2.24, 2.45) is 0 Å². The first kappa shape index (κ1) is 12.7. The SMILES string of the molecule is CC(C)n1[nH]c(=O)c2c1NC(=O)C[C@H]2c1cccnc1. The van der Waals surface area contributed by atoms with E-state index in [0.29, 0.717) is 11.4 Å². The van der Waals surface area contributed by atoms with Gasteiger partial charge in [0.25, 0.3) is 5.56 Å². The molecule has 1 atom stereocenters. The quantitative estimate of drug-likeness (QED) is 0.872. The first-order chi connectivity index (χ1) is 9.58. The Hall–Kier alpha value is -2.37. The van der Waals surface area contributed by atoms with Crippen LogP contribution in [0.2, 0.25) is 0 Å². The van der Waals surface area contributed by atoms with Crippen LogP contribution in [0.15, 0.2) is 29.3 Å². The van der Waals surface area contributed by atoms with Crippen LogP contribution in [0.4, 0.5) is 5.82 Å². The summed E-state index contributed by atoms with van der Waals surface area (Å²) >= 11 is 0. The molecule has 0 saturated carbocycles. The van der Waals surface area contributed by atoms with Gasteiger partial charge in [0.15, 0.2) is 0 Å². The van der Waals surface area contributed by atoms with Gasteiger partial charge < -0.3 is 5.32 Å². The zero-order chi connectivity index (χ0) is 14.3. The fourth-order valence-electron chi connectivity index (χ4n) is 2.64. The summed E-state index contributed by atoms with van der Waals surface area (Å²) in [5.41, 5.74) is 1.35. The molecule has 6 heteroatoms. The minimum Gasteiger partial charge on any atom is -0.311 e.